The zero-order chi connectivity index (χ0) is 18.0. The summed E-state index contributed by atoms with van der Waals surface area (Å²) < 4.78 is 0. The summed E-state index contributed by atoms with van der Waals surface area (Å²) in [6.07, 6.45) is 0. The highest BCUT2D eigenvalue weighted by atomic mass is 16.1. The number of rotatable bonds is 3. The van der Waals surface area contributed by atoms with E-state index >= 15 is 0 Å². The van der Waals surface area contributed by atoms with E-state index in [1.807, 2.05) is 37.3 Å². The maximum atomic E-state index is 12.5. The Hall–Kier alpha value is -2.88. The first-order chi connectivity index (χ1) is 11.9. The molecule has 0 atom stereocenters. The highest BCUT2D eigenvalue weighted by Crippen LogP contribution is 2.31. The largest absolute Gasteiger partial charge is 0.319 e. The smallest absolute Gasteiger partial charge is 0.255 e. The minimum Gasteiger partial charge on any atom is -0.319 e. The first-order valence-corrected chi connectivity index (χ1v) is 8.38. The van der Waals surface area contributed by atoms with Crippen LogP contribution in [-0.2, 0) is 5.41 Å². The molecule has 25 heavy (non-hydrogen) atoms. The third-order valence-corrected chi connectivity index (χ3v) is 4.25. The Balaban J connectivity index is 1.91. The number of amides is 1. The second-order valence-corrected chi connectivity index (χ2v) is 7.22. The van der Waals surface area contributed by atoms with Crippen LogP contribution >= 0.6 is 0 Å². The fourth-order valence-corrected chi connectivity index (χ4v) is 2.69. The van der Waals surface area contributed by atoms with Crippen LogP contribution in [0.2, 0.25) is 0 Å². The summed E-state index contributed by atoms with van der Waals surface area (Å²) in [5, 5.41) is 10.3. The molecule has 2 N–H and O–H groups in total. The number of nitrogens with one attached hydrogen (secondary N) is 2. The normalized spacial score (nSPS) is 11.4. The molecule has 0 saturated heterocycles. The summed E-state index contributed by atoms with van der Waals surface area (Å²) >= 11 is 0. The van der Waals surface area contributed by atoms with E-state index in [1.165, 1.54) is 5.56 Å². The average molecular weight is 333 g/mol. The van der Waals surface area contributed by atoms with Gasteiger partial charge in [0.15, 0.2) is 0 Å². The molecular weight excluding hydrogens is 310 g/mol. The molecule has 0 radical (unpaired) electrons. The van der Waals surface area contributed by atoms with E-state index in [-0.39, 0.29) is 11.3 Å². The number of aromatic nitrogens is 2. The number of carbonyl (C=O) groups is 1. The third-order valence-electron chi connectivity index (χ3n) is 4.25. The number of nitrogens with zero attached hydrogens (tertiary/aromatic N) is 1. The van der Waals surface area contributed by atoms with Crippen molar-refractivity contribution in [3.8, 4) is 11.3 Å². The minimum atomic E-state index is -0.141. The molecule has 1 amide bonds. The number of anilines is 1. The molecule has 0 unspecified atom stereocenters. The van der Waals surface area contributed by atoms with Gasteiger partial charge in [-0.3, -0.25) is 9.89 Å². The van der Waals surface area contributed by atoms with Crippen molar-refractivity contribution in [3.63, 3.8) is 0 Å². The molecule has 2 aromatic carbocycles. The van der Waals surface area contributed by atoms with Crippen LogP contribution in [0.1, 0.15) is 42.4 Å². The molecule has 0 aliphatic carbocycles. The van der Waals surface area contributed by atoms with Crippen LogP contribution in [0.25, 0.3) is 11.3 Å². The number of aryl methyl sites for hydroxylation is 1. The number of carbonyl (C=O) groups excluding carboxylic acids is 1. The Morgan fingerprint density at radius 3 is 2.24 bits per heavy atom. The van der Waals surface area contributed by atoms with Crippen LogP contribution in [0.5, 0.6) is 0 Å². The molecule has 3 aromatic rings. The number of hydrogen-bond donors (Lipinski definition) is 2. The quantitative estimate of drug-likeness (QED) is 0.713. The van der Waals surface area contributed by atoms with Crippen molar-refractivity contribution in [2.75, 3.05) is 5.32 Å². The van der Waals surface area contributed by atoms with Crippen molar-refractivity contribution in [2.24, 2.45) is 0 Å². The molecule has 1 heterocycles. The average Bonchev–Trinajstić information content (AvgIpc) is 2.96. The highest BCUT2D eigenvalue weighted by Gasteiger charge is 2.17. The Morgan fingerprint density at radius 1 is 1.00 bits per heavy atom. The Morgan fingerprint density at radius 2 is 1.64 bits per heavy atom. The van der Waals surface area contributed by atoms with Gasteiger partial charge in [0.25, 0.3) is 5.91 Å². The Bertz CT molecular complexity index is 872. The van der Waals surface area contributed by atoms with Gasteiger partial charge in [0.1, 0.15) is 5.69 Å². The number of H-pyrrole nitrogens is 1. The van der Waals surface area contributed by atoms with Crippen LogP contribution in [0, 0.1) is 6.92 Å². The predicted octanol–water partition coefficient (Wildman–Crippen LogP) is 4.93. The van der Waals surface area contributed by atoms with E-state index in [0.717, 1.165) is 22.6 Å². The molecule has 0 saturated carbocycles. The summed E-state index contributed by atoms with van der Waals surface area (Å²) in [5.41, 5.74) is 5.26. The second kappa shape index (κ2) is 6.55. The topological polar surface area (TPSA) is 57.8 Å². The molecule has 4 nitrogen and oxygen atoms in total. The SMILES string of the molecule is Cc1[nH]nc(-c2ccc(C(C)(C)C)cc2)c1NC(=O)c1ccccc1. The third kappa shape index (κ3) is 3.63. The number of benzene rings is 2. The monoisotopic (exact) mass is 333 g/mol. The Kier molecular flexibility index (Phi) is 4.45. The Labute approximate surface area is 148 Å². The van der Waals surface area contributed by atoms with E-state index in [2.05, 4.69) is 48.4 Å². The fraction of sp³-hybridized carbons (Fsp3) is 0.238. The van der Waals surface area contributed by atoms with Crippen molar-refractivity contribution in [2.45, 2.75) is 33.1 Å². The van der Waals surface area contributed by atoms with Gasteiger partial charge in [0, 0.05) is 11.1 Å². The lowest BCUT2D eigenvalue weighted by Crippen LogP contribution is -2.13. The zero-order valence-electron chi connectivity index (χ0n) is 15.1. The molecule has 1 aromatic heterocycles. The summed E-state index contributed by atoms with van der Waals surface area (Å²) in [6.45, 7) is 8.46. The van der Waals surface area contributed by atoms with Crippen LogP contribution in [0.3, 0.4) is 0 Å². The summed E-state index contributed by atoms with van der Waals surface area (Å²) in [5.74, 6) is -0.141. The van der Waals surface area contributed by atoms with Gasteiger partial charge in [0.05, 0.1) is 11.4 Å². The standard InChI is InChI=1S/C21H23N3O/c1-14-18(22-20(25)16-8-6-5-7-9-16)19(24-23-14)15-10-12-17(13-11-15)21(2,3)4/h5-13H,1-4H3,(H,22,25)(H,23,24). The second-order valence-electron chi connectivity index (χ2n) is 7.22. The van der Waals surface area contributed by atoms with Crippen LogP contribution < -0.4 is 5.32 Å². The van der Waals surface area contributed by atoms with Crippen LogP contribution in [0.15, 0.2) is 54.6 Å². The zero-order valence-corrected chi connectivity index (χ0v) is 15.1. The van der Waals surface area contributed by atoms with Crippen LogP contribution in [-0.4, -0.2) is 16.1 Å². The van der Waals surface area contributed by atoms with Crippen molar-refractivity contribution in [3.05, 3.63) is 71.4 Å². The molecule has 0 aliphatic rings. The van der Waals surface area contributed by atoms with Crippen molar-refractivity contribution in [1.29, 1.82) is 0 Å². The van der Waals surface area contributed by atoms with Crippen LogP contribution in [0.4, 0.5) is 5.69 Å². The molecule has 0 bridgehead atoms. The number of hydrogen-bond acceptors (Lipinski definition) is 2. The molecule has 0 spiro atoms. The lowest BCUT2D eigenvalue weighted by molar-refractivity contribution is 0.102. The van der Waals surface area contributed by atoms with Gasteiger partial charge in [-0.15, -0.1) is 0 Å². The van der Waals surface area contributed by atoms with E-state index < -0.39 is 0 Å². The summed E-state index contributed by atoms with van der Waals surface area (Å²) in [4.78, 5) is 12.5. The molecule has 3 rings (SSSR count). The lowest BCUT2D eigenvalue weighted by atomic mass is 9.86. The van der Waals surface area contributed by atoms with E-state index in [4.69, 9.17) is 0 Å². The predicted molar refractivity (Wildman–Crippen MR) is 102 cm³/mol. The van der Waals surface area contributed by atoms with Gasteiger partial charge < -0.3 is 5.32 Å². The van der Waals surface area contributed by atoms with Gasteiger partial charge in [-0.25, -0.2) is 0 Å². The molecule has 4 heteroatoms. The van der Waals surface area contributed by atoms with Crippen molar-refractivity contribution in [1.82, 2.24) is 10.2 Å². The maximum Gasteiger partial charge on any atom is 0.255 e. The highest BCUT2D eigenvalue weighted by molar-refractivity contribution is 6.06. The van der Waals surface area contributed by atoms with Gasteiger partial charge in [-0.1, -0.05) is 63.2 Å². The fourth-order valence-electron chi connectivity index (χ4n) is 2.69. The molecule has 128 valence electrons. The molecule has 0 aliphatic heterocycles. The first kappa shape index (κ1) is 17.0. The van der Waals surface area contributed by atoms with Gasteiger partial charge in [-0.2, -0.15) is 5.10 Å². The summed E-state index contributed by atoms with van der Waals surface area (Å²) in [6, 6.07) is 17.5. The van der Waals surface area contributed by atoms with E-state index in [1.54, 1.807) is 12.1 Å². The molecular formula is C21H23N3O. The van der Waals surface area contributed by atoms with Gasteiger partial charge in [-0.05, 0) is 30.0 Å². The van der Waals surface area contributed by atoms with Gasteiger partial charge >= 0.3 is 0 Å². The maximum absolute atomic E-state index is 12.5. The van der Waals surface area contributed by atoms with Crippen molar-refractivity contribution < 1.29 is 4.79 Å². The van der Waals surface area contributed by atoms with E-state index in [0.29, 0.717) is 5.56 Å². The first-order valence-electron chi connectivity index (χ1n) is 8.38. The lowest BCUT2D eigenvalue weighted by Gasteiger charge is -2.19. The molecule has 0 fully saturated rings. The minimum absolute atomic E-state index is 0.102. The van der Waals surface area contributed by atoms with E-state index in [9.17, 15) is 4.79 Å². The summed E-state index contributed by atoms with van der Waals surface area (Å²) in [7, 11) is 0. The van der Waals surface area contributed by atoms with Crippen molar-refractivity contribution >= 4 is 11.6 Å². The number of aromatic amines is 1. The van der Waals surface area contributed by atoms with Gasteiger partial charge in [0.2, 0.25) is 0 Å².